The first kappa shape index (κ1) is 16.6. The fourth-order valence-electron chi connectivity index (χ4n) is 2.45. The summed E-state index contributed by atoms with van der Waals surface area (Å²) in [5, 5.41) is 12.5. The third-order valence-corrected chi connectivity index (χ3v) is 3.89. The summed E-state index contributed by atoms with van der Waals surface area (Å²) >= 11 is 0. The quantitative estimate of drug-likeness (QED) is 0.707. The Balaban J connectivity index is 1.96. The second-order valence-corrected chi connectivity index (χ2v) is 6.03. The van der Waals surface area contributed by atoms with E-state index < -0.39 is 5.97 Å². The van der Waals surface area contributed by atoms with E-state index in [0.717, 1.165) is 11.3 Å². The average molecular weight is 333 g/mol. The molecule has 2 N–H and O–H groups in total. The zero-order valence-electron chi connectivity index (χ0n) is 14.1. The Hall–Kier alpha value is -3.21. The van der Waals surface area contributed by atoms with Crippen LogP contribution in [0.3, 0.4) is 0 Å². The molecule has 0 aliphatic heterocycles. The zero-order chi connectivity index (χ0) is 17.8. The van der Waals surface area contributed by atoms with Gasteiger partial charge in [-0.3, -0.25) is 0 Å². The van der Waals surface area contributed by atoms with Crippen LogP contribution >= 0.6 is 0 Å². The average Bonchev–Trinajstić information content (AvgIpc) is 2.62. The molecule has 0 spiro atoms. The summed E-state index contributed by atoms with van der Waals surface area (Å²) < 4.78 is 0. The van der Waals surface area contributed by atoms with E-state index in [1.165, 1.54) is 11.8 Å². The number of carboxylic acid groups (broad SMARTS) is 1. The maximum absolute atomic E-state index is 11.5. The monoisotopic (exact) mass is 333 g/mol. The van der Waals surface area contributed by atoms with Crippen molar-refractivity contribution in [2.24, 2.45) is 0 Å². The Morgan fingerprint density at radius 3 is 2.32 bits per heavy atom. The molecule has 126 valence electrons. The SMILES string of the molecule is CC(C)c1ccc(Nc2nc(-c3ccccc3)ncc2C(=O)O)cc1. The number of rotatable bonds is 5. The molecule has 0 radical (unpaired) electrons. The summed E-state index contributed by atoms with van der Waals surface area (Å²) in [6.45, 7) is 4.25. The summed E-state index contributed by atoms with van der Waals surface area (Å²) in [6, 6.07) is 17.3. The van der Waals surface area contributed by atoms with Gasteiger partial charge < -0.3 is 10.4 Å². The van der Waals surface area contributed by atoms with Crippen LogP contribution in [-0.4, -0.2) is 21.0 Å². The topological polar surface area (TPSA) is 75.1 Å². The number of nitrogens with one attached hydrogen (secondary N) is 1. The summed E-state index contributed by atoms with van der Waals surface area (Å²) in [5.41, 5.74) is 2.87. The Labute approximate surface area is 146 Å². The van der Waals surface area contributed by atoms with Gasteiger partial charge in [-0.15, -0.1) is 0 Å². The van der Waals surface area contributed by atoms with Crippen LogP contribution in [0.4, 0.5) is 11.5 Å². The first-order valence-electron chi connectivity index (χ1n) is 8.07. The number of anilines is 2. The minimum atomic E-state index is -1.07. The highest BCUT2D eigenvalue weighted by Gasteiger charge is 2.15. The minimum absolute atomic E-state index is 0.0348. The van der Waals surface area contributed by atoms with E-state index in [9.17, 15) is 9.90 Å². The molecule has 3 aromatic rings. The lowest BCUT2D eigenvalue weighted by Crippen LogP contribution is -2.07. The van der Waals surface area contributed by atoms with Crippen molar-refractivity contribution in [2.45, 2.75) is 19.8 Å². The zero-order valence-corrected chi connectivity index (χ0v) is 14.1. The molecule has 0 saturated heterocycles. The van der Waals surface area contributed by atoms with E-state index in [2.05, 4.69) is 29.1 Å². The molecular weight excluding hydrogens is 314 g/mol. The first-order valence-corrected chi connectivity index (χ1v) is 8.07. The number of carbonyl (C=O) groups is 1. The second-order valence-electron chi connectivity index (χ2n) is 6.03. The molecule has 1 heterocycles. The number of nitrogens with zero attached hydrogens (tertiary/aromatic N) is 2. The lowest BCUT2D eigenvalue weighted by molar-refractivity contribution is 0.0697. The maximum atomic E-state index is 11.5. The van der Waals surface area contributed by atoms with Crippen LogP contribution in [0.5, 0.6) is 0 Å². The largest absolute Gasteiger partial charge is 0.477 e. The van der Waals surface area contributed by atoms with Crippen LogP contribution < -0.4 is 5.32 Å². The highest BCUT2D eigenvalue weighted by Crippen LogP contribution is 2.24. The summed E-state index contributed by atoms with van der Waals surface area (Å²) in [5.74, 6) is 0.124. The van der Waals surface area contributed by atoms with Gasteiger partial charge in [0, 0.05) is 17.4 Å². The van der Waals surface area contributed by atoms with Crippen molar-refractivity contribution in [3.8, 4) is 11.4 Å². The number of benzene rings is 2. The Bertz CT molecular complexity index is 875. The molecule has 0 atom stereocenters. The van der Waals surface area contributed by atoms with Crippen LogP contribution in [0.25, 0.3) is 11.4 Å². The fourth-order valence-corrected chi connectivity index (χ4v) is 2.45. The van der Waals surface area contributed by atoms with Gasteiger partial charge in [0.25, 0.3) is 0 Å². The van der Waals surface area contributed by atoms with E-state index >= 15 is 0 Å². The Kier molecular flexibility index (Phi) is 4.75. The first-order chi connectivity index (χ1) is 12.0. The van der Waals surface area contributed by atoms with Crippen molar-refractivity contribution in [2.75, 3.05) is 5.32 Å². The molecule has 0 bridgehead atoms. The molecule has 5 nitrogen and oxygen atoms in total. The number of aromatic nitrogens is 2. The Morgan fingerprint density at radius 2 is 1.72 bits per heavy atom. The second kappa shape index (κ2) is 7.13. The maximum Gasteiger partial charge on any atom is 0.341 e. The van der Waals surface area contributed by atoms with Gasteiger partial charge >= 0.3 is 5.97 Å². The van der Waals surface area contributed by atoms with Crippen LogP contribution in [0, 0.1) is 0 Å². The molecule has 0 aliphatic carbocycles. The van der Waals surface area contributed by atoms with Gasteiger partial charge in [0.1, 0.15) is 11.4 Å². The highest BCUT2D eigenvalue weighted by atomic mass is 16.4. The molecule has 0 saturated carbocycles. The molecule has 0 unspecified atom stereocenters. The van der Waals surface area contributed by atoms with E-state index in [0.29, 0.717) is 11.7 Å². The summed E-state index contributed by atoms with van der Waals surface area (Å²) in [6.07, 6.45) is 1.34. The van der Waals surface area contributed by atoms with Crippen LogP contribution in [0.1, 0.15) is 35.7 Å². The fraction of sp³-hybridized carbons (Fsp3) is 0.150. The third-order valence-electron chi connectivity index (χ3n) is 3.89. The van der Waals surface area contributed by atoms with E-state index in [1.807, 2.05) is 54.6 Å². The van der Waals surface area contributed by atoms with Gasteiger partial charge in [-0.05, 0) is 23.6 Å². The van der Waals surface area contributed by atoms with E-state index in [1.54, 1.807) is 0 Å². The Morgan fingerprint density at radius 1 is 1.04 bits per heavy atom. The molecule has 3 rings (SSSR count). The van der Waals surface area contributed by atoms with Gasteiger partial charge in [-0.2, -0.15) is 0 Å². The number of hydrogen-bond acceptors (Lipinski definition) is 4. The third kappa shape index (κ3) is 3.83. The highest BCUT2D eigenvalue weighted by molar-refractivity contribution is 5.94. The predicted molar refractivity (Wildman–Crippen MR) is 98.2 cm³/mol. The standard InChI is InChI=1S/C20H19N3O2/c1-13(2)14-8-10-16(11-9-14)22-19-17(20(24)25)12-21-18(23-19)15-6-4-3-5-7-15/h3-13H,1-2H3,(H,24,25)(H,21,22,23). The van der Waals surface area contributed by atoms with Crippen molar-refractivity contribution in [1.29, 1.82) is 0 Å². The predicted octanol–water partition coefficient (Wildman–Crippen LogP) is 4.71. The van der Waals surface area contributed by atoms with Gasteiger partial charge in [-0.25, -0.2) is 14.8 Å². The molecule has 25 heavy (non-hydrogen) atoms. The number of hydrogen-bond donors (Lipinski definition) is 2. The molecule has 0 aliphatic rings. The smallest absolute Gasteiger partial charge is 0.341 e. The lowest BCUT2D eigenvalue weighted by atomic mass is 10.0. The van der Waals surface area contributed by atoms with Gasteiger partial charge in [-0.1, -0.05) is 56.3 Å². The van der Waals surface area contributed by atoms with Gasteiger partial charge in [0.05, 0.1) is 0 Å². The summed E-state index contributed by atoms with van der Waals surface area (Å²) in [7, 11) is 0. The number of carboxylic acids is 1. The lowest BCUT2D eigenvalue weighted by Gasteiger charge is -2.11. The molecule has 1 aromatic heterocycles. The molecule has 0 amide bonds. The van der Waals surface area contributed by atoms with Gasteiger partial charge in [0.15, 0.2) is 5.82 Å². The van der Waals surface area contributed by atoms with Gasteiger partial charge in [0.2, 0.25) is 0 Å². The minimum Gasteiger partial charge on any atom is -0.477 e. The van der Waals surface area contributed by atoms with Crippen molar-refractivity contribution in [3.05, 3.63) is 71.9 Å². The van der Waals surface area contributed by atoms with E-state index in [-0.39, 0.29) is 11.4 Å². The molecule has 0 fully saturated rings. The van der Waals surface area contributed by atoms with Crippen LogP contribution in [0.2, 0.25) is 0 Å². The molecular formula is C20H19N3O2. The normalized spacial score (nSPS) is 10.7. The van der Waals surface area contributed by atoms with Crippen molar-refractivity contribution in [3.63, 3.8) is 0 Å². The summed E-state index contributed by atoms with van der Waals surface area (Å²) in [4.78, 5) is 20.1. The molecule has 5 heteroatoms. The number of aromatic carboxylic acids is 1. The van der Waals surface area contributed by atoms with E-state index in [4.69, 9.17) is 0 Å². The van der Waals surface area contributed by atoms with Crippen LogP contribution in [0.15, 0.2) is 60.8 Å². The van der Waals surface area contributed by atoms with Crippen molar-refractivity contribution >= 4 is 17.5 Å². The van der Waals surface area contributed by atoms with Crippen LogP contribution in [-0.2, 0) is 0 Å². The molecule has 2 aromatic carbocycles. The van der Waals surface area contributed by atoms with Crippen molar-refractivity contribution < 1.29 is 9.90 Å². The van der Waals surface area contributed by atoms with Crippen molar-refractivity contribution in [1.82, 2.24) is 9.97 Å².